The summed E-state index contributed by atoms with van der Waals surface area (Å²) in [7, 11) is 1.80. The minimum Gasteiger partial charge on any atom is -0.365 e. The zero-order valence-electron chi connectivity index (χ0n) is 12.5. The first-order chi connectivity index (χ1) is 9.60. The van der Waals surface area contributed by atoms with E-state index in [9.17, 15) is 9.18 Å². The van der Waals surface area contributed by atoms with Gasteiger partial charge in [-0.2, -0.15) is 0 Å². The molecule has 2 N–H and O–H groups in total. The zero-order valence-corrected chi connectivity index (χ0v) is 12.5. The molecule has 1 rings (SSSR count). The molecule has 5 heteroatoms. The van der Waals surface area contributed by atoms with Crippen LogP contribution in [0.25, 0.3) is 0 Å². The molecule has 0 spiro atoms. The van der Waals surface area contributed by atoms with Gasteiger partial charge in [-0.05, 0) is 32.0 Å². The van der Waals surface area contributed by atoms with E-state index >= 15 is 0 Å². The Bertz CT molecular complexity index is 437. The largest absolute Gasteiger partial charge is 0.365 e. The van der Waals surface area contributed by atoms with Gasteiger partial charge in [0, 0.05) is 31.4 Å². The van der Waals surface area contributed by atoms with Crippen LogP contribution < -0.4 is 15.5 Å². The van der Waals surface area contributed by atoms with Gasteiger partial charge in [0.05, 0.1) is 6.54 Å². The van der Waals surface area contributed by atoms with Gasteiger partial charge in [0.1, 0.15) is 5.82 Å². The Morgan fingerprint density at radius 3 is 2.75 bits per heavy atom. The third-order valence-corrected chi connectivity index (χ3v) is 2.99. The molecule has 20 heavy (non-hydrogen) atoms. The number of rotatable bonds is 8. The Labute approximate surface area is 120 Å². The predicted octanol–water partition coefficient (Wildman–Crippen LogP) is 1.90. The number of halogens is 1. The molecule has 0 unspecified atom stereocenters. The molecule has 0 fully saturated rings. The Kier molecular flexibility index (Phi) is 7.01. The zero-order chi connectivity index (χ0) is 15.0. The van der Waals surface area contributed by atoms with Crippen LogP contribution in [0.5, 0.6) is 0 Å². The lowest BCUT2D eigenvalue weighted by Crippen LogP contribution is -2.35. The highest BCUT2D eigenvalue weighted by Crippen LogP contribution is 2.22. The highest BCUT2D eigenvalue weighted by atomic mass is 19.1. The van der Waals surface area contributed by atoms with Crippen LogP contribution in [0.4, 0.5) is 10.1 Å². The number of nitrogens with zero attached hydrogens (tertiary/aromatic N) is 1. The standard InChI is InChI=1S/C15H24FN3O/c1-4-9-17-10-12-13(16)7-6-8-14(12)19(3)11-15(20)18-5-2/h6-8,17H,4-5,9-11H2,1-3H3,(H,18,20). The molecule has 0 aliphatic rings. The van der Waals surface area contributed by atoms with E-state index in [-0.39, 0.29) is 18.3 Å². The number of anilines is 1. The van der Waals surface area contributed by atoms with Crippen molar-refractivity contribution in [3.05, 3.63) is 29.6 Å². The molecular weight excluding hydrogens is 257 g/mol. The summed E-state index contributed by atoms with van der Waals surface area (Å²) in [6.45, 7) is 6.07. The van der Waals surface area contributed by atoms with E-state index in [1.54, 1.807) is 18.0 Å². The number of benzene rings is 1. The maximum Gasteiger partial charge on any atom is 0.239 e. The van der Waals surface area contributed by atoms with Gasteiger partial charge in [-0.1, -0.05) is 13.0 Å². The number of nitrogens with one attached hydrogen (secondary N) is 2. The maximum atomic E-state index is 14.0. The van der Waals surface area contributed by atoms with E-state index < -0.39 is 0 Å². The van der Waals surface area contributed by atoms with Crippen LogP contribution in [0.1, 0.15) is 25.8 Å². The van der Waals surface area contributed by atoms with Gasteiger partial charge in [0.2, 0.25) is 5.91 Å². The van der Waals surface area contributed by atoms with Gasteiger partial charge in [0.15, 0.2) is 0 Å². The van der Waals surface area contributed by atoms with Crippen LogP contribution in [0, 0.1) is 5.82 Å². The van der Waals surface area contributed by atoms with E-state index in [1.807, 2.05) is 13.0 Å². The van der Waals surface area contributed by atoms with Crippen LogP contribution >= 0.6 is 0 Å². The van der Waals surface area contributed by atoms with Gasteiger partial charge in [0.25, 0.3) is 0 Å². The average molecular weight is 281 g/mol. The second kappa shape index (κ2) is 8.53. The van der Waals surface area contributed by atoms with Gasteiger partial charge >= 0.3 is 0 Å². The summed E-state index contributed by atoms with van der Waals surface area (Å²) in [4.78, 5) is 13.4. The number of amides is 1. The maximum absolute atomic E-state index is 14.0. The molecule has 112 valence electrons. The molecule has 4 nitrogen and oxygen atoms in total. The molecule has 1 aromatic rings. The van der Waals surface area contributed by atoms with Crippen molar-refractivity contribution in [1.29, 1.82) is 0 Å². The van der Waals surface area contributed by atoms with Crippen molar-refractivity contribution < 1.29 is 9.18 Å². The van der Waals surface area contributed by atoms with Crippen molar-refractivity contribution >= 4 is 11.6 Å². The molecule has 0 bridgehead atoms. The van der Waals surface area contributed by atoms with Crippen molar-refractivity contribution in [2.24, 2.45) is 0 Å². The molecular formula is C15H24FN3O. The van der Waals surface area contributed by atoms with E-state index in [2.05, 4.69) is 17.6 Å². The first-order valence-corrected chi connectivity index (χ1v) is 7.06. The summed E-state index contributed by atoms with van der Waals surface area (Å²) in [5.41, 5.74) is 1.35. The molecule has 0 heterocycles. The number of likely N-dealkylation sites (N-methyl/N-ethyl adjacent to an activating group) is 2. The molecule has 0 saturated carbocycles. The molecule has 1 aromatic carbocycles. The van der Waals surface area contributed by atoms with Crippen molar-refractivity contribution in [2.75, 3.05) is 31.6 Å². The van der Waals surface area contributed by atoms with Crippen LogP contribution in [-0.2, 0) is 11.3 Å². The summed E-state index contributed by atoms with van der Waals surface area (Å²) < 4.78 is 14.0. The molecule has 0 aliphatic carbocycles. The Morgan fingerprint density at radius 1 is 1.35 bits per heavy atom. The van der Waals surface area contributed by atoms with Crippen LogP contribution in [0.2, 0.25) is 0 Å². The topological polar surface area (TPSA) is 44.4 Å². The fourth-order valence-electron chi connectivity index (χ4n) is 2.02. The monoisotopic (exact) mass is 281 g/mol. The summed E-state index contributed by atoms with van der Waals surface area (Å²) >= 11 is 0. The fraction of sp³-hybridized carbons (Fsp3) is 0.533. The molecule has 1 amide bonds. The fourth-order valence-corrected chi connectivity index (χ4v) is 2.02. The quantitative estimate of drug-likeness (QED) is 0.715. The predicted molar refractivity (Wildman–Crippen MR) is 80.4 cm³/mol. The third kappa shape index (κ3) is 4.81. The van der Waals surface area contributed by atoms with Crippen molar-refractivity contribution in [2.45, 2.75) is 26.8 Å². The summed E-state index contributed by atoms with van der Waals surface area (Å²) in [5.74, 6) is -0.305. The van der Waals surface area contributed by atoms with Crippen LogP contribution in [-0.4, -0.2) is 32.6 Å². The number of carbonyl (C=O) groups is 1. The number of hydrogen-bond acceptors (Lipinski definition) is 3. The minimum atomic E-state index is -0.242. The first kappa shape index (κ1) is 16.4. The van der Waals surface area contributed by atoms with E-state index in [1.165, 1.54) is 6.07 Å². The van der Waals surface area contributed by atoms with E-state index in [0.29, 0.717) is 18.7 Å². The molecule has 0 radical (unpaired) electrons. The molecule has 0 aromatic heterocycles. The SMILES string of the molecule is CCCNCc1c(F)cccc1N(C)CC(=O)NCC. The average Bonchev–Trinajstić information content (AvgIpc) is 2.40. The number of carbonyl (C=O) groups excluding carboxylic acids is 1. The van der Waals surface area contributed by atoms with Crippen molar-refractivity contribution in [3.63, 3.8) is 0 Å². The van der Waals surface area contributed by atoms with Crippen molar-refractivity contribution in [3.8, 4) is 0 Å². The Hall–Kier alpha value is -1.62. The third-order valence-electron chi connectivity index (χ3n) is 2.99. The van der Waals surface area contributed by atoms with Crippen molar-refractivity contribution in [1.82, 2.24) is 10.6 Å². The lowest BCUT2D eigenvalue weighted by molar-refractivity contribution is -0.119. The van der Waals surface area contributed by atoms with Gasteiger partial charge in [-0.15, -0.1) is 0 Å². The second-order valence-electron chi connectivity index (χ2n) is 4.72. The van der Waals surface area contributed by atoms with E-state index in [4.69, 9.17) is 0 Å². The smallest absolute Gasteiger partial charge is 0.239 e. The lowest BCUT2D eigenvalue weighted by Gasteiger charge is -2.22. The Morgan fingerprint density at radius 2 is 2.10 bits per heavy atom. The van der Waals surface area contributed by atoms with Crippen LogP contribution in [0.15, 0.2) is 18.2 Å². The summed E-state index contributed by atoms with van der Waals surface area (Å²) in [5, 5.41) is 5.94. The Balaban J connectivity index is 2.81. The number of hydrogen-bond donors (Lipinski definition) is 2. The van der Waals surface area contributed by atoms with E-state index in [0.717, 1.165) is 18.7 Å². The molecule has 0 aliphatic heterocycles. The van der Waals surface area contributed by atoms with Gasteiger partial charge in [-0.3, -0.25) is 4.79 Å². The first-order valence-electron chi connectivity index (χ1n) is 7.06. The van der Waals surface area contributed by atoms with Gasteiger partial charge in [-0.25, -0.2) is 4.39 Å². The molecule has 0 atom stereocenters. The summed E-state index contributed by atoms with van der Waals surface area (Å²) in [6.07, 6.45) is 0.999. The summed E-state index contributed by atoms with van der Waals surface area (Å²) in [6, 6.07) is 4.96. The lowest BCUT2D eigenvalue weighted by atomic mass is 10.1. The van der Waals surface area contributed by atoms with Gasteiger partial charge < -0.3 is 15.5 Å². The highest BCUT2D eigenvalue weighted by Gasteiger charge is 2.13. The normalized spacial score (nSPS) is 10.4. The highest BCUT2D eigenvalue weighted by molar-refractivity contribution is 5.81. The minimum absolute atomic E-state index is 0.0632. The second-order valence-corrected chi connectivity index (χ2v) is 4.72. The van der Waals surface area contributed by atoms with Crippen LogP contribution in [0.3, 0.4) is 0 Å². The molecule has 0 saturated heterocycles.